The second-order valence-electron chi connectivity index (χ2n) is 4.66. The van der Waals surface area contributed by atoms with Gasteiger partial charge in [0.15, 0.2) is 0 Å². The third-order valence-corrected chi connectivity index (χ3v) is 3.19. The van der Waals surface area contributed by atoms with Crippen molar-refractivity contribution in [1.29, 1.82) is 0 Å². The maximum Gasteiger partial charge on any atom is 0.251 e. The van der Waals surface area contributed by atoms with E-state index in [0.717, 1.165) is 30.1 Å². The Morgan fingerprint density at radius 1 is 1.47 bits per heavy atom. The zero-order valence-electron chi connectivity index (χ0n) is 10.7. The minimum Gasteiger partial charge on any atom is -0.384 e. The van der Waals surface area contributed by atoms with Gasteiger partial charge in [0.25, 0.3) is 5.91 Å². The van der Waals surface area contributed by atoms with Crippen molar-refractivity contribution in [2.75, 3.05) is 11.9 Å². The summed E-state index contributed by atoms with van der Waals surface area (Å²) in [5, 5.41) is 9.93. The summed E-state index contributed by atoms with van der Waals surface area (Å²) < 4.78 is 4.95. The highest BCUT2D eigenvalue weighted by atomic mass is 16.5. The fraction of sp³-hybridized carbons (Fsp3) is 0.286. The summed E-state index contributed by atoms with van der Waals surface area (Å²) in [6.07, 6.45) is 1.02. The minimum absolute atomic E-state index is 0.0999. The lowest BCUT2D eigenvalue weighted by molar-refractivity contribution is 0.0950. The highest BCUT2D eigenvalue weighted by Crippen LogP contribution is 2.23. The lowest BCUT2D eigenvalue weighted by Gasteiger charge is -2.05. The predicted octanol–water partition coefficient (Wildman–Crippen LogP) is 1.88. The Kier molecular flexibility index (Phi) is 2.95. The van der Waals surface area contributed by atoms with E-state index in [0.29, 0.717) is 12.1 Å². The van der Waals surface area contributed by atoms with E-state index < -0.39 is 0 Å². The highest BCUT2D eigenvalue weighted by Gasteiger charge is 2.13. The molecule has 5 heteroatoms. The SMILES string of the molecule is Cc1cc(CNC(=O)c2ccc3c(c2)NCC3)no1. The van der Waals surface area contributed by atoms with Gasteiger partial charge in [-0.15, -0.1) is 0 Å². The third-order valence-electron chi connectivity index (χ3n) is 3.19. The summed E-state index contributed by atoms with van der Waals surface area (Å²) >= 11 is 0. The van der Waals surface area contributed by atoms with E-state index in [9.17, 15) is 4.79 Å². The smallest absolute Gasteiger partial charge is 0.251 e. The molecule has 0 atom stereocenters. The second kappa shape index (κ2) is 4.76. The lowest BCUT2D eigenvalue weighted by atomic mass is 10.1. The molecule has 0 radical (unpaired) electrons. The Hall–Kier alpha value is -2.30. The van der Waals surface area contributed by atoms with Gasteiger partial charge in [-0.2, -0.15) is 0 Å². The average molecular weight is 257 g/mol. The number of aromatic nitrogens is 1. The van der Waals surface area contributed by atoms with Gasteiger partial charge in [0.1, 0.15) is 11.5 Å². The number of hydrogen-bond acceptors (Lipinski definition) is 4. The normalized spacial score (nSPS) is 12.9. The number of benzene rings is 1. The molecule has 0 aliphatic carbocycles. The number of rotatable bonds is 3. The first-order chi connectivity index (χ1) is 9.22. The molecule has 2 N–H and O–H groups in total. The van der Waals surface area contributed by atoms with E-state index >= 15 is 0 Å². The molecular weight excluding hydrogens is 242 g/mol. The molecule has 5 nitrogen and oxygen atoms in total. The number of fused-ring (bicyclic) bond motifs is 1. The molecule has 0 unspecified atom stereocenters. The van der Waals surface area contributed by atoms with Crippen molar-refractivity contribution in [3.8, 4) is 0 Å². The zero-order chi connectivity index (χ0) is 13.2. The van der Waals surface area contributed by atoms with E-state index in [2.05, 4.69) is 15.8 Å². The van der Waals surface area contributed by atoms with Crippen LogP contribution in [0.5, 0.6) is 0 Å². The molecule has 1 amide bonds. The summed E-state index contributed by atoms with van der Waals surface area (Å²) in [5.74, 6) is 0.642. The molecule has 98 valence electrons. The van der Waals surface area contributed by atoms with E-state index in [1.165, 1.54) is 5.56 Å². The molecule has 0 fully saturated rings. The summed E-state index contributed by atoms with van der Waals surface area (Å²) in [4.78, 5) is 12.0. The minimum atomic E-state index is -0.0999. The molecule has 19 heavy (non-hydrogen) atoms. The molecule has 1 aliphatic rings. The monoisotopic (exact) mass is 257 g/mol. The Bertz CT molecular complexity index is 619. The van der Waals surface area contributed by atoms with Crippen molar-refractivity contribution >= 4 is 11.6 Å². The highest BCUT2D eigenvalue weighted by molar-refractivity contribution is 5.95. The standard InChI is InChI=1S/C14H15N3O2/c1-9-6-12(17-19-9)8-16-14(18)11-3-2-10-4-5-15-13(10)7-11/h2-3,6-7,15H,4-5,8H2,1H3,(H,16,18). The van der Waals surface area contributed by atoms with Gasteiger partial charge in [0.2, 0.25) is 0 Å². The first kappa shape index (κ1) is 11.8. The van der Waals surface area contributed by atoms with Gasteiger partial charge < -0.3 is 15.2 Å². The number of aryl methyl sites for hydroxylation is 1. The lowest BCUT2D eigenvalue weighted by Crippen LogP contribution is -2.22. The molecule has 0 saturated heterocycles. The van der Waals surface area contributed by atoms with Crippen LogP contribution in [0.4, 0.5) is 5.69 Å². The van der Waals surface area contributed by atoms with Crippen LogP contribution in [0.3, 0.4) is 0 Å². The third kappa shape index (κ3) is 2.45. The first-order valence-electron chi connectivity index (χ1n) is 6.29. The molecular formula is C14H15N3O2. The second-order valence-corrected chi connectivity index (χ2v) is 4.66. The van der Waals surface area contributed by atoms with Crippen LogP contribution in [0.2, 0.25) is 0 Å². The molecule has 1 aliphatic heterocycles. The molecule has 1 aromatic heterocycles. The summed E-state index contributed by atoms with van der Waals surface area (Å²) in [7, 11) is 0. The number of hydrogen-bond donors (Lipinski definition) is 2. The van der Waals surface area contributed by atoms with Crippen LogP contribution in [-0.2, 0) is 13.0 Å². The van der Waals surface area contributed by atoms with Crippen LogP contribution in [0.25, 0.3) is 0 Å². The zero-order valence-corrected chi connectivity index (χ0v) is 10.7. The average Bonchev–Trinajstić information content (AvgIpc) is 3.03. The summed E-state index contributed by atoms with van der Waals surface area (Å²) in [6.45, 7) is 3.14. The predicted molar refractivity (Wildman–Crippen MR) is 71.0 cm³/mol. The molecule has 3 rings (SSSR count). The fourth-order valence-electron chi connectivity index (χ4n) is 2.21. The number of anilines is 1. The van der Waals surface area contributed by atoms with Crippen molar-refractivity contribution in [1.82, 2.24) is 10.5 Å². The number of amides is 1. The van der Waals surface area contributed by atoms with Crippen LogP contribution in [0.15, 0.2) is 28.8 Å². The van der Waals surface area contributed by atoms with Crippen LogP contribution in [-0.4, -0.2) is 17.6 Å². The number of carbonyl (C=O) groups excluding carboxylic acids is 1. The van der Waals surface area contributed by atoms with Gasteiger partial charge in [0, 0.05) is 23.9 Å². The Morgan fingerprint density at radius 3 is 3.16 bits per heavy atom. The van der Waals surface area contributed by atoms with Crippen molar-refractivity contribution in [3.05, 3.63) is 46.8 Å². The molecule has 2 heterocycles. The topological polar surface area (TPSA) is 67.2 Å². The van der Waals surface area contributed by atoms with Crippen LogP contribution in [0.1, 0.15) is 27.4 Å². The van der Waals surface area contributed by atoms with Gasteiger partial charge in [0.05, 0.1) is 6.54 Å². The van der Waals surface area contributed by atoms with E-state index in [-0.39, 0.29) is 5.91 Å². The van der Waals surface area contributed by atoms with Gasteiger partial charge in [-0.05, 0) is 31.0 Å². The maximum absolute atomic E-state index is 12.0. The number of carbonyl (C=O) groups is 1. The Labute approximate surface area is 111 Å². The first-order valence-corrected chi connectivity index (χ1v) is 6.29. The van der Waals surface area contributed by atoms with Crippen LogP contribution < -0.4 is 10.6 Å². The number of nitrogens with zero attached hydrogens (tertiary/aromatic N) is 1. The van der Waals surface area contributed by atoms with Gasteiger partial charge in [-0.1, -0.05) is 11.2 Å². The Balaban J connectivity index is 1.67. The molecule has 2 aromatic rings. The van der Waals surface area contributed by atoms with Crippen LogP contribution >= 0.6 is 0 Å². The maximum atomic E-state index is 12.0. The number of nitrogens with one attached hydrogen (secondary N) is 2. The van der Waals surface area contributed by atoms with E-state index in [1.807, 2.05) is 31.2 Å². The van der Waals surface area contributed by atoms with Crippen molar-refractivity contribution < 1.29 is 9.32 Å². The van der Waals surface area contributed by atoms with Crippen LogP contribution in [0, 0.1) is 6.92 Å². The fourth-order valence-corrected chi connectivity index (χ4v) is 2.21. The van der Waals surface area contributed by atoms with Crippen molar-refractivity contribution in [2.24, 2.45) is 0 Å². The quantitative estimate of drug-likeness (QED) is 0.881. The molecule has 1 aromatic carbocycles. The Morgan fingerprint density at radius 2 is 2.37 bits per heavy atom. The van der Waals surface area contributed by atoms with Crippen molar-refractivity contribution in [3.63, 3.8) is 0 Å². The van der Waals surface area contributed by atoms with Gasteiger partial charge in [-0.25, -0.2) is 0 Å². The summed E-state index contributed by atoms with van der Waals surface area (Å²) in [6, 6.07) is 7.57. The molecule has 0 saturated carbocycles. The largest absolute Gasteiger partial charge is 0.384 e. The summed E-state index contributed by atoms with van der Waals surface area (Å²) in [5.41, 5.74) is 3.71. The molecule has 0 bridgehead atoms. The van der Waals surface area contributed by atoms with Gasteiger partial charge >= 0.3 is 0 Å². The van der Waals surface area contributed by atoms with E-state index in [1.54, 1.807) is 0 Å². The van der Waals surface area contributed by atoms with E-state index in [4.69, 9.17) is 4.52 Å². The van der Waals surface area contributed by atoms with Gasteiger partial charge in [-0.3, -0.25) is 4.79 Å². The molecule has 0 spiro atoms. The van der Waals surface area contributed by atoms with Crippen molar-refractivity contribution in [2.45, 2.75) is 19.9 Å².